The second-order valence-electron chi connectivity index (χ2n) is 13.1. The van der Waals surface area contributed by atoms with E-state index in [1.165, 1.54) is 49.8 Å². The molecule has 1 aromatic heterocycles. The highest BCUT2D eigenvalue weighted by molar-refractivity contribution is 6.88. The number of hydrogen-bond donors (Lipinski definition) is 0. The van der Waals surface area contributed by atoms with Crippen LogP contribution in [0.3, 0.4) is 0 Å². The van der Waals surface area contributed by atoms with Gasteiger partial charge in [-0.1, -0.05) is 103 Å². The summed E-state index contributed by atoms with van der Waals surface area (Å²) in [5.41, 5.74) is 12.7. The molecule has 0 radical (unpaired) electrons. The first-order valence-electron chi connectivity index (χ1n) is 15.0. The zero-order valence-electron chi connectivity index (χ0n) is 25.2. The molecule has 4 heteroatoms. The predicted molar refractivity (Wildman–Crippen MR) is 180 cm³/mol. The van der Waals surface area contributed by atoms with Gasteiger partial charge in [-0.25, -0.2) is 4.79 Å². The maximum absolute atomic E-state index is 12.6. The van der Waals surface area contributed by atoms with Gasteiger partial charge in [-0.2, -0.15) is 0 Å². The average molecular weight is 576 g/mol. The molecule has 1 aliphatic heterocycles. The molecular formula is C39H33NO2Si. The first-order chi connectivity index (χ1) is 20.7. The molecule has 210 valence electrons. The van der Waals surface area contributed by atoms with Crippen LogP contribution >= 0.6 is 0 Å². The van der Waals surface area contributed by atoms with Crippen molar-refractivity contribution in [3.8, 4) is 11.1 Å². The molecule has 5 aromatic carbocycles. The molecule has 1 aliphatic carbocycles. The van der Waals surface area contributed by atoms with Crippen molar-refractivity contribution in [2.24, 2.45) is 0 Å². The van der Waals surface area contributed by atoms with E-state index in [1.807, 2.05) is 13.0 Å². The van der Waals surface area contributed by atoms with E-state index in [0.717, 1.165) is 22.3 Å². The summed E-state index contributed by atoms with van der Waals surface area (Å²) >= 11 is 0. The van der Waals surface area contributed by atoms with Crippen LogP contribution in [0.25, 0.3) is 21.9 Å². The predicted octanol–water partition coefficient (Wildman–Crippen LogP) is 9.10. The Labute approximate surface area is 253 Å². The monoisotopic (exact) mass is 575 g/mol. The van der Waals surface area contributed by atoms with Gasteiger partial charge < -0.3 is 9.32 Å². The molecule has 0 saturated carbocycles. The van der Waals surface area contributed by atoms with Gasteiger partial charge in [-0.3, -0.25) is 0 Å². The van der Waals surface area contributed by atoms with E-state index >= 15 is 0 Å². The van der Waals surface area contributed by atoms with Crippen molar-refractivity contribution < 1.29 is 4.42 Å². The fraction of sp³-hybridized carbons (Fsp3) is 0.154. The number of nitrogens with zero attached hydrogens (tertiary/aromatic N) is 1. The van der Waals surface area contributed by atoms with Gasteiger partial charge in [0.05, 0.1) is 36.5 Å². The van der Waals surface area contributed by atoms with Crippen LogP contribution in [0, 0.1) is 13.8 Å². The summed E-state index contributed by atoms with van der Waals surface area (Å²) in [4.78, 5) is 15.0. The largest absolute Gasteiger partial charge is 0.431 e. The lowest BCUT2D eigenvalue weighted by molar-refractivity contribution is 0.516. The van der Waals surface area contributed by atoms with E-state index in [1.54, 1.807) is 6.26 Å². The zero-order chi connectivity index (χ0) is 29.7. The number of rotatable bonds is 2. The molecule has 1 spiro atoms. The molecule has 0 amide bonds. The standard InChI is InChI=1S/C39H33NO2Si/c1-24-14-18-36-34(20-24)39(32-12-8-6-10-28(32)29-11-7-9-13-33(29)39)35-22-27(43(3,4)5)16-19-37(35)40(36)26-15-17-30-31(21-26)25(2)23-42-38(30)41/h6-23H,1-5H3. The first-order valence-corrected chi connectivity index (χ1v) is 18.5. The molecule has 0 fully saturated rings. The van der Waals surface area contributed by atoms with E-state index in [4.69, 9.17) is 4.42 Å². The summed E-state index contributed by atoms with van der Waals surface area (Å²) in [5.74, 6) is 0. The van der Waals surface area contributed by atoms with E-state index in [0.29, 0.717) is 5.39 Å². The highest BCUT2D eigenvalue weighted by Crippen LogP contribution is 2.63. The van der Waals surface area contributed by atoms with Crippen molar-refractivity contribution in [1.29, 1.82) is 0 Å². The van der Waals surface area contributed by atoms with Gasteiger partial charge in [0.15, 0.2) is 0 Å². The molecule has 6 aromatic rings. The van der Waals surface area contributed by atoms with E-state index in [-0.39, 0.29) is 5.63 Å². The molecule has 3 nitrogen and oxygen atoms in total. The van der Waals surface area contributed by atoms with E-state index in [2.05, 4.69) is 129 Å². The van der Waals surface area contributed by atoms with E-state index in [9.17, 15) is 4.79 Å². The van der Waals surface area contributed by atoms with Crippen molar-refractivity contribution in [3.63, 3.8) is 0 Å². The molecule has 0 atom stereocenters. The highest BCUT2D eigenvalue weighted by Gasteiger charge is 2.52. The van der Waals surface area contributed by atoms with Gasteiger partial charge >= 0.3 is 5.63 Å². The van der Waals surface area contributed by atoms with Gasteiger partial charge in [-0.05, 0) is 88.5 Å². The third-order valence-electron chi connectivity index (χ3n) is 9.51. The second kappa shape index (κ2) is 8.92. The minimum atomic E-state index is -1.66. The first kappa shape index (κ1) is 26.0. The maximum Gasteiger partial charge on any atom is 0.343 e. The van der Waals surface area contributed by atoms with Crippen LogP contribution < -0.4 is 15.7 Å². The molecule has 8 rings (SSSR count). The summed E-state index contributed by atoms with van der Waals surface area (Å²) in [6.45, 7) is 11.5. The number of anilines is 3. The lowest BCUT2D eigenvalue weighted by atomic mass is 9.64. The normalized spacial score (nSPS) is 14.4. The van der Waals surface area contributed by atoms with Crippen molar-refractivity contribution >= 4 is 41.1 Å². The minimum absolute atomic E-state index is 0.305. The summed E-state index contributed by atoms with van der Waals surface area (Å²) in [6, 6.07) is 38.1. The Balaban J connectivity index is 1.54. The smallest absolute Gasteiger partial charge is 0.343 e. The van der Waals surface area contributed by atoms with Gasteiger partial charge in [0.2, 0.25) is 0 Å². The fourth-order valence-corrected chi connectivity index (χ4v) is 8.62. The number of hydrogen-bond acceptors (Lipinski definition) is 3. The molecule has 2 aliphatic rings. The second-order valence-corrected chi connectivity index (χ2v) is 18.2. The summed E-state index contributed by atoms with van der Waals surface area (Å²) < 4.78 is 5.29. The summed E-state index contributed by atoms with van der Waals surface area (Å²) in [7, 11) is -1.66. The molecule has 0 saturated heterocycles. The molecule has 0 bridgehead atoms. The summed E-state index contributed by atoms with van der Waals surface area (Å²) in [6.07, 6.45) is 1.57. The van der Waals surface area contributed by atoms with Crippen LogP contribution in [0.5, 0.6) is 0 Å². The lowest BCUT2D eigenvalue weighted by Gasteiger charge is -2.45. The molecule has 0 unspecified atom stereocenters. The Hall–Kier alpha value is -4.67. The third kappa shape index (κ3) is 3.50. The van der Waals surface area contributed by atoms with Crippen molar-refractivity contribution in [2.75, 3.05) is 4.90 Å². The Morgan fingerprint density at radius 1 is 0.651 bits per heavy atom. The maximum atomic E-state index is 12.6. The number of aryl methyl sites for hydroxylation is 2. The van der Waals surface area contributed by atoms with Crippen molar-refractivity contribution in [1.82, 2.24) is 0 Å². The quantitative estimate of drug-likeness (QED) is 0.193. The van der Waals surface area contributed by atoms with Crippen LogP contribution in [-0.2, 0) is 5.41 Å². The topological polar surface area (TPSA) is 33.5 Å². The molecular weight excluding hydrogens is 543 g/mol. The fourth-order valence-electron chi connectivity index (χ4n) is 7.46. The SMILES string of the molecule is Cc1ccc2c(c1)C1(c3ccccc3-c3ccccc31)c1cc([Si](C)(C)C)ccc1N2c1ccc2c(=O)occ(C)c2c1. The van der Waals surface area contributed by atoms with Gasteiger partial charge in [0.1, 0.15) is 0 Å². The van der Waals surface area contributed by atoms with Crippen LogP contribution in [0.4, 0.5) is 17.1 Å². The van der Waals surface area contributed by atoms with Crippen LogP contribution in [0.1, 0.15) is 33.4 Å². The van der Waals surface area contributed by atoms with Gasteiger partial charge in [0.25, 0.3) is 0 Å². The zero-order valence-corrected chi connectivity index (χ0v) is 26.2. The minimum Gasteiger partial charge on any atom is -0.431 e. The van der Waals surface area contributed by atoms with Crippen LogP contribution in [0.15, 0.2) is 119 Å². The van der Waals surface area contributed by atoms with Gasteiger partial charge in [0, 0.05) is 5.69 Å². The lowest BCUT2D eigenvalue weighted by Crippen LogP contribution is -2.42. The average Bonchev–Trinajstić information content (AvgIpc) is 3.30. The Kier molecular flexibility index (Phi) is 5.39. The highest BCUT2D eigenvalue weighted by atomic mass is 28.3. The third-order valence-corrected chi connectivity index (χ3v) is 11.5. The molecule has 2 heterocycles. The van der Waals surface area contributed by atoms with Gasteiger partial charge in [-0.15, -0.1) is 0 Å². The molecule has 43 heavy (non-hydrogen) atoms. The van der Waals surface area contributed by atoms with Crippen LogP contribution in [-0.4, -0.2) is 8.07 Å². The summed E-state index contributed by atoms with van der Waals surface area (Å²) in [5, 5.41) is 2.96. The van der Waals surface area contributed by atoms with E-state index < -0.39 is 13.5 Å². The Morgan fingerprint density at radius 2 is 1.28 bits per heavy atom. The molecule has 0 N–H and O–H groups in total. The number of fused-ring (bicyclic) bond motifs is 10. The Morgan fingerprint density at radius 3 is 1.95 bits per heavy atom. The van der Waals surface area contributed by atoms with Crippen LogP contribution in [0.2, 0.25) is 19.6 Å². The number of benzene rings is 5. The van der Waals surface area contributed by atoms with Crippen molar-refractivity contribution in [2.45, 2.75) is 38.9 Å². The Bertz CT molecular complexity index is 2140. The van der Waals surface area contributed by atoms with Crippen molar-refractivity contribution in [3.05, 3.63) is 153 Å².